The molecule has 0 bridgehead atoms. The highest BCUT2D eigenvalue weighted by molar-refractivity contribution is 7.89. The lowest BCUT2D eigenvalue weighted by molar-refractivity contribution is -0.137. The summed E-state index contributed by atoms with van der Waals surface area (Å²) in [5, 5.41) is 11.5. The molecule has 5 N–H and O–H groups in total. The van der Waals surface area contributed by atoms with E-state index in [1.165, 1.54) is 0 Å². The maximum Gasteiger partial charge on any atom is 0.304 e. The number of aliphatic carboxylic acids is 1. The summed E-state index contributed by atoms with van der Waals surface area (Å²) >= 11 is -1.37. The second-order valence-electron chi connectivity index (χ2n) is 11.1. The summed E-state index contributed by atoms with van der Waals surface area (Å²) in [4.78, 5) is 19.8. The van der Waals surface area contributed by atoms with Crippen LogP contribution in [0.3, 0.4) is 0 Å². The van der Waals surface area contributed by atoms with Crippen LogP contribution < -0.4 is 21.5 Å². The zero-order valence-corrected chi connectivity index (χ0v) is 24.9. The summed E-state index contributed by atoms with van der Waals surface area (Å²) in [6, 6.07) is 14.0. The molecule has 1 aromatic heterocycles. The predicted octanol–water partition coefficient (Wildman–Crippen LogP) is 4.48. The van der Waals surface area contributed by atoms with Gasteiger partial charge < -0.3 is 25.3 Å². The lowest BCUT2D eigenvalue weighted by Gasteiger charge is -2.35. The van der Waals surface area contributed by atoms with E-state index >= 15 is 0 Å². The van der Waals surface area contributed by atoms with Gasteiger partial charge in [-0.3, -0.25) is 4.79 Å². The van der Waals surface area contributed by atoms with Crippen LogP contribution in [-0.2, 0) is 22.7 Å². The number of hydrogen-bond donors (Lipinski definition) is 3. The number of piperidine rings is 1. The van der Waals surface area contributed by atoms with E-state index in [9.17, 15) is 14.5 Å². The average Bonchev–Trinajstić information content (AvgIpc) is 3.08. The Balaban J connectivity index is 1.50. The number of anilines is 3. The molecule has 0 aliphatic carbocycles. The fraction of sp³-hybridized carbons (Fsp3) is 0.419. The van der Waals surface area contributed by atoms with Gasteiger partial charge in [0.1, 0.15) is 0 Å². The molecule has 3 unspecified atom stereocenters. The van der Waals surface area contributed by atoms with Crippen molar-refractivity contribution < 1.29 is 14.5 Å². The first-order valence-corrected chi connectivity index (χ1v) is 15.4. The Bertz CT molecular complexity index is 1420. The highest BCUT2D eigenvalue weighted by Crippen LogP contribution is 2.39. The third-order valence-electron chi connectivity index (χ3n) is 8.55. The summed E-state index contributed by atoms with van der Waals surface area (Å²) in [5.74, 6) is 5.67. The topological polar surface area (TPSA) is 135 Å². The van der Waals surface area contributed by atoms with Crippen molar-refractivity contribution in [3.8, 4) is 0 Å². The standard InChI is InChI=1S/C31H40N6O3S/c1-4-37(33)27-13-12-25(21(3)30(27)32)26(17-29(38)39)22-11-10-20(2)23(16-22)18-35-19-24-8-5-6-15-36(24)31-28(41(35)40)9-7-14-34-31/h7,9-14,16,24,26H,4-6,8,15,17-19,32-33H2,1-3H3,(H,38,39). The average molecular weight is 577 g/mol. The summed E-state index contributed by atoms with van der Waals surface area (Å²) < 4.78 is 16.0. The van der Waals surface area contributed by atoms with Gasteiger partial charge in [-0.25, -0.2) is 10.8 Å². The minimum Gasteiger partial charge on any atom is -0.593 e. The Kier molecular flexibility index (Phi) is 8.74. The van der Waals surface area contributed by atoms with Gasteiger partial charge in [-0.1, -0.05) is 24.3 Å². The van der Waals surface area contributed by atoms with Crippen molar-refractivity contribution in [2.24, 2.45) is 5.84 Å². The van der Waals surface area contributed by atoms with E-state index in [2.05, 4.69) is 16.0 Å². The number of nitrogens with zero attached hydrogens (tertiary/aromatic N) is 4. The van der Waals surface area contributed by atoms with Crippen LogP contribution in [0.1, 0.15) is 66.3 Å². The summed E-state index contributed by atoms with van der Waals surface area (Å²) in [5.41, 5.74) is 12.5. The Morgan fingerprint density at radius 2 is 2.05 bits per heavy atom. The fourth-order valence-corrected chi connectivity index (χ4v) is 7.51. The highest BCUT2D eigenvalue weighted by Gasteiger charge is 2.39. The van der Waals surface area contributed by atoms with Crippen LogP contribution >= 0.6 is 0 Å². The van der Waals surface area contributed by atoms with Crippen molar-refractivity contribution in [3.63, 3.8) is 0 Å². The number of rotatable bonds is 8. The number of pyridine rings is 1. The first-order valence-electron chi connectivity index (χ1n) is 14.3. The molecular weight excluding hydrogens is 536 g/mol. The van der Waals surface area contributed by atoms with Crippen LogP contribution in [0.4, 0.5) is 17.2 Å². The minimum atomic E-state index is -1.37. The smallest absolute Gasteiger partial charge is 0.304 e. The summed E-state index contributed by atoms with van der Waals surface area (Å²) in [7, 11) is 0. The molecule has 1 saturated heterocycles. The third kappa shape index (κ3) is 5.88. The molecule has 10 heteroatoms. The van der Waals surface area contributed by atoms with E-state index in [0.717, 1.165) is 70.0 Å². The molecule has 3 aromatic rings. The number of fused-ring (bicyclic) bond motifs is 3. The van der Waals surface area contributed by atoms with Crippen LogP contribution in [0.15, 0.2) is 53.6 Å². The molecule has 0 saturated carbocycles. The lowest BCUT2D eigenvalue weighted by atomic mass is 9.84. The Morgan fingerprint density at radius 3 is 2.80 bits per heavy atom. The molecule has 0 spiro atoms. The number of carbonyl (C=O) groups is 1. The molecule has 2 aliphatic rings. The van der Waals surface area contributed by atoms with Gasteiger partial charge in [-0.05, 0) is 80.0 Å². The van der Waals surface area contributed by atoms with E-state index in [4.69, 9.17) is 11.6 Å². The van der Waals surface area contributed by atoms with Crippen molar-refractivity contribution in [1.82, 2.24) is 9.29 Å². The summed E-state index contributed by atoms with van der Waals surface area (Å²) in [6.07, 6.45) is 5.00. The molecule has 2 aromatic carbocycles. The number of nitrogens with two attached hydrogens (primary N) is 2. The molecule has 3 atom stereocenters. The number of carboxylic acids is 1. The molecule has 9 nitrogen and oxygen atoms in total. The largest absolute Gasteiger partial charge is 0.593 e. The van der Waals surface area contributed by atoms with Crippen molar-refractivity contribution in [3.05, 3.63) is 76.5 Å². The van der Waals surface area contributed by atoms with Gasteiger partial charge in [0.05, 0.1) is 42.2 Å². The Labute approximate surface area is 245 Å². The molecule has 3 heterocycles. The van der Waals surface area contributed by atoms with Crippen LogP contribution in [-0.4, -0.2) is 50.6 Å². The van der Waals surface area contributed by atoms with E-state index in [1.807, 2.05) is 61.5 Å². The first-order chi connectivity index (χ1) is 19.7. The molecule has 218 valence electrons. The van der Waals surface area contributed by atoms with E-state index in [0.29, 0.717) is 25.3 Å². The molecular formula is C31H40N6O3S. The van der Waals surface area contributed by atoms with E-state index in [1.54, 1.807) is 11.2 Å². The zero-order chi connectivity index (χ0) is 29.3. The maximum absolute atomic E-state index is 13.9. The van der Waals surface area contributed by atoms with Crippen LogP contribution in [0, 0.1) is 13.8 Å². The fourth-order valence-electron chi connectivity index (χ4n) is 6.15. The number of hydrogen-bond acceptors (Lipinski definition) is 8. The maximum atomic E-state index is 13.9. The van der Waals surface area contributed by atoms with Gasteiger partial charge in [0, 0.05) is 37.3 Å². The minimum absolute atomic E-state index is 0.0754. The SMILES string of the molecule is CCN(N)c1ccc(C(CC(=O)O)c2ccc(C)c(CN3CC4CCCCN4c4ncccc4[S+]3[O-])c2)c(C)c1N. The molecule has 5 rings (SSSR count). The number of nitrogen functional groups attached to an aromatic ring is 1. The zero-order valence-electron chi connectivity index (χ0n) is 24.0. The normalized spacial score (nSPS) is 19.7. The second kappa shape index (κ2) is 12.3. The molecule has 1 fully saturated rings. The second-order valence-corrected chi connectivity index (χ2v) is 12.5. The Morgan fingerprint density at radius 1 is 1.24 bits per heavy atom. The number of aryl methyl sites for hydroxylation is 1. The monoisotopic (exact) mass is 576 g/mol. The van der Waals surface area contributed by atoms with E-state index < -0.39 is 23.2 Å². The van der Waals surface area contributed by atoms with Crippen molar-refractivity contribution >= 4 is 34.5 Å². The quantitative estimate of drug-likeness (QED) is 0.153. The Hall–Kier alpha value is -3.31. The third-order valence-corrected chi connectivity index (χ3v) is 9.99. The summed E-state index contributed by atoms with van der Waals surface area (Å²) in [6.45, 7) is 8.60. The predicted molar refractivity (Wildman–Crippen MR) is 164 cm³/mol. The number of aromatic nitrogens is 1. The lowest BCUT2D eigenvalue weighted by Crippen LogP contribution is -2.45. The first kappa shape index (κ1) is 29.2. The van der Waals surface area contributed by atoms with Crippen molar-refractivity contribution in [1.29, 1.82) is 0 Å². The number of carboxylic acid groups (broad SMARTS) is 1. The van der Waals surface area contributed by atoms with Crippen LogP contribution in [0.25, 0.3) is 0 Å². The molecule has 2 aliphatic heterocycles. The van der Waals surface area contributed by atoms with Gasteiger partial charge in [-0.15, -0.1) is 4.31 Å². The van der Waals surface area contributed by atoms with Gasteiger partial charge in [0.25, 0.3) is 0 Å². The van der Waals surface area contributed by atoms with Crippen molar-refractivity contribution in [2.45, 2.75) is 69.9 Å². The molecule has 0 amide bonds. The van der Waals surface area contributed by atoms with Gasteiger partial charge in [0.15, 0.2) is 5.82 Å². The van der Waals surface area contributed by atoms with Gasteiger partial charge in [-0.2, -0.15) is 0 Å². The number of hydrazine groups is 1. The van der Waals surface area contributed by atoms with E-state index in [-0.39, 0.29) is 12.5 Å². The number of benzene rings is 2. The van der Waals surface area contributed by atoms with Crippen LogP contribution in [0.5, 0.6) is 0 Å². The van der Waals surface area contributed by atoms with Crippen LogP contribution in [0.2, 0.25) is 0 Å². The molecule has 0 radical (unpaired) electrons. The highest BCUT2D eigenvalue weighted by atomic mass is 32.2. The molecule has 41 heavy (non-hydrogen) atoms. The van der Waals surface area contributed by atoms with Gasteiger partial charge in [0.2, 0.25) is 4.90 Å². The van der Waals surface area contributed by atoms with Gasteiger partial charge >= 0.3 is 5.97 Å². The van der Waals surface area contributed by atoms with Crippen molar-refractivity contribution in [2.75, 3.05) is 35.3 Å².